The van der Waals surface area contributed by atoms with E-state index in [1.54, 1.807) is 24.3 Å². The molecule has 1 rings (SSSR count). The summed E-state index contributed by atoms with van der Waals surface area (Å²) in [6.45, 7) is 1.35. The van der Waals surface area contributed by atoms with Gasteiger partial charge >= 0.3 is 0 Å². The van der Waals surface area contributed by atoms with Crippen molar-refractivity contribution in [3.05, 3.63) is 34.9 Å². The van der Waals surface area contributed by atoms with Gasteiger partial charge < -0.3 is 11.1 Å². The highest BCUT2D eigenvalue weighted by atomic mass is 35.5. The van der Waals surface area contributed by atoms with Gasteiger partial charge in [0.2, 0.25) is 11.8 Å². The van der Waals surface area contributed by atoms with Crippen molar-refractivity contribution in [1.82, 2.24) is 5.32 Å². The van der Waals surface area contributed by atoms with E-state index in [0.717, 1.165) is 5.56 Å². The Kier molecular flexibility index (Phi) is 4.31. The maximum atomic E-state index is 11.1. The summed E-state index contributed by atoms with van der Waals surface area (Å²) in [5, 5.41) is 3.12. The Hall–Kier alpha value is -1.55. The molecular formula is C11H13ClN2O2. The molecule has 0 bridgehead atoms. The lowest BCUT2D eigenvalue weighted by Gasteiger charge is -2.14. The van der Waals surface area contributed by atoms with E-state index in [0.29, 0.717) is 11.4 Å². The Morgan fingerprint density at radius 2 is 1.94 bits per heavy atom. The zero-order valence-corrected chi connectivity index (χ0v) is 9.62. The fourth-order valence-electron chi connectivity index (χ4n) is 1.32. The molecule has 0 saturated carbocycles. The van der Waals surface area contributed by atoms with Gasteiger partial charge in [0.15, 0.2) is 0 Å². The third kappa shape index (κ3) is 3.90. The van der Waals surface area contributed by atoms with Crippen LogP contribution < -0.4 is 11.1 Å². The van der Waals surface area contributed by atoms with Crippen LogP contribution in [0.5, 0.6) is 0 Å². The molecule has 0 saturated heterocycles. The number of benzene rings is 1. The molecule has 0 aromatic heterocycles. The third-order valence-electron chi connectivity index (χ3n) is 2.07. The zero-order valence-electron chi connectivity index (χ0n) is 8.87. The summed E-state index contributed by atoms with van der Waals surface area (Å²) in [4.78, 5) is 22.0. The van der Waals surface area contributed by atoms with Crippen LogP contribution in [0.15, 0.2) is 24.3 Å². The first kappa shape index (κ1) is 12.5. The molecular weight excluding hydrogens is 228 g/mol. The van der Waals surface area contributed by atoms with E-state index in [2.05, 4.69) is 5.32 Å². The summed E-state index contributed by atoms with van der Waals surface area (Å²) >= 11 is 5.73. The van der Waals surface area contributed by atoms with E-state index in [1.807, 2.05) is 0 Å². The van der Waals surface area contributed by atoms with Gasteiger partial charge in [-0.3, -0.25) is 9.59 Å². The SMILES string of the molecule is CC(=O)N[C@H](Cc1ccc(Cl)cc1)C(N)=O. The minimum absolute atomic E-state index is 0.280. The molecule has 0 radical (unpaired) electrons. The quantitative estimate of drug-likeness (QED) is 0.820. The molecule has 1 aromatic rings. The Balaban J connectivity index is 2.71. The van der Waals surface area contributed by atoms with Crippen molar-refractivity contribution in [2.45, 2.75) is 19.4 Å². The topological polar surface area (TPSA) is 72.2 Å². The van der Waals surface area contributed by atoms with Gasteiger partial charge in [-0.25, -0.2) is 0 Å². The molecule has 3 N–H and O–H groups in total. The Labute approximate surface area is 98.8 Å². The van der Waals surface area contributed by atoms with Crippen LogP contribution >= 0.6 is 11.6 Å². The van der Waals surface area contributed by atoms with E-state index >= 15 is 0 Å². The van der Waals surface area contributed by atoms with Gasteiger partial charge in [-0.15, -0.1) is 0 Å². The van der Waals surface area contributed by atoms with Gasteiger partial charge in [-0.05, 0) is 17.7 Å². The first-order chi connectivity index (χ1) is 7.49. The van der Waals surface area contributed by atoms with E-state index < -0.39 is 11.9 Å². The molecule has 0 aliphatic carbocycles. The average molecular weight is 241 g/mol. The van der Waals surface area contributed by atoms with Crippen LogP contribution in [0, 0.1) is 0 Å². The zero-order chi connectivity index (χ0) is 12.1. The molecule has 2 amide bonds. The highest BCUT2D eigenvalue weighted by molar-refractivity contribution is 6.30. The second-order valence-corrected chi connectivity index (χ2v) is 3.92. The first-order valence-electron chi connectivity index (χ1n) is 4.80. The van der Waals surface area contributed by atoms with Crippen molar-refractivity contribution < 1.29 is 9.59 Å². The van der Waals surface area contributed by atoms with Crippen molar-refractivity contribution in [3.63, 3.8) is 0 Å². The number of carbonyl (C=O) groups excluding carboxylic acids is 2. The largest absolute Gasteiger partial charge is 0.368 e. The number of hydrogen-bond acceptors (Lipinski definition) is 2. The highest BCUT2D eigenvalue weighted by Gasteiger charge is 2.16. The lowest BCUT2D eigenvalue weighted by Crippen LogP contribution is -2.44. The fourth-order valence-corrected chi connectivity index (χ4v) is 1.45. The van der Waals surface area contributed by atoms with Gasteiger partial charge in [-0.1, -0.05) is 23.7 Å². The Morgan fingerprint density at radius 3 is 2.38 bits per heavy atom. The summed E-state index contributed by atoms with van der Waals surface area (Å²) in [5.41, 5.74) is 6.07. The van der Waals surface area contributed by atoms with Crippen molar-refractivity contribution in [2.75, 3.05) is 0 Å². The molecule has 0 aliphatic rings. The minimum atomic E-state index is -0.682. The van der Waals surface area contributed by atoms with Crippen LogP contribution in [0.1, 0.15) is 12.5 Å². The second kappa shape index (κ2) is 5.51. The summed E-state index contributed by atoms with van der Waals surface area (Å²) in [6.07, 6.45) is 0.367. The van der Waals surface area contributed by atoms with Crippen molar-refractivity contribution in [2.24, 2.45) is 5.73 Å². The summed E-state index contributed by atoms with van der Waals surface area (Å²) in [7, 11) is 0. The van der Waals surface area contributed by atoms with E-state index in [9.17, 15) is 9.59 Å². The number of hydrogen-bond donors (Lipinski definition) is 2. The third-order valence-corrected chi connectivity index (χ3v) is 2.33. The smallest absolute Gasteiger partial charge is 0.240 e. The van der Waals surface area contributed by atoms with Crippen molar-refractivity contribution in [3.8, 4) is 0 Å². The molecule has 0 fully saturated rings. The van der Waals surface area contributed by atoms with Crippen LogP contribution in [0.25, 0.3) is 0 Å². The predicted octanol–water partition coefficient (Wildman–Crippen LogP) is 0.873. The average Bonchev–Trinajstić information content (AvgIpc) is 2.19. The molecule has 5 heteroatoms. The Bertz CT molecular complexity index is 389. The number of nitrogens with two attached hydrogens (primary N) is 1. The van der Waals surface area contributed by atoms with Crippen LogP contribution in [0.2, 0.25) is 5.02 Å². The molecule has 0 spiro atoms. The first-order valence-corrected chi connectivity index (χ1v) is 5.17. The van der Waals surface area contributed by atoms with Crippen LogP contribution in [0.3, 0.4) is 0 Å². The highest BCUT2D eigenvalue weighted by Crippen LogP contribution is 2.11. The molecule has 4 nitrogen and oxygen atoms in total. The summed E-state index contributed by atoms with van der Waals surface area (Å²) in [6, 6.07) is 6.35. The molecule has 86 valence electrons. The second-order valence-electron chi connectivity index (χ2n) is 3.49. The fraction of sp³-hybridized carbons (Fsp3) is 0.273. The maximum Gasteiger partial charge on any atom is 0.240 e. The lowest BCUT2D eigenvalue weighted by atomic mass is 10.1. The van der Waals surface area contributed by atoms with Crippen molar-refractivity contribution in [1.29, 1.82) is 0 Å². The van der Waals surface area contributed by atoms with Crippen LogP contribution in [-0.2, 0) is 16.0 Å². The molecule has 0 aliphatic heterocycles. The summed E-state index contributed by atoms with van der Waals surface area (Å²) in [5.74, 6) is -0.831. The monoisotopic (exact) mass is 240 g/mol. The minimum Gasteiger partial charge on any atom is -0.368 e. The number of nitrogens with one attached hydrogen (secondary N) is 1. The summed E-state index contributed by atoms with van der Waals surface area (Å²) < 4.78 is 0. The molecule has 0 heterocycles. The van der Waals surface area contributed by atoms with Crippen LogP contribution in [0.4, 0.5) is 0 Å². The van der Waals surface area contributed by atoms with Crippen LogP contribution in [-0.4, -0.2) is 17.9 Å². The molecule has 16 heavy (non-hydrogen) atoms. The normalized spacial score (nSPS) is 11.9. The predicted molar refractivity (Wildman–Crippen MR) is 62.0 cm³/mol. The number of amides is 2. The van der Waals surface area contributed by atoms with Gasteiger partial charge in [0.1, 0.15) is 6.04 Å². The van der Waals surface area contributed by atoms with E-state index in [4.69, 9.17) is 17.3 Å². The number of carbonyl (C=O) groups is 2. The number of rotatable bonds is 4. The molecule has 0 unspecified atom stereocenters. The van der Waals surface area contributed by atoms with Gasteiger partial charge in [-0.2, -0.15) is 0 Å². The van der Waals surface area contributed by atoms with Gasteiger partial charge in [0.25, 0.3) is 0 Å². The number of halogens is 1. The molecule has 1 aromatic carbocycles. The van der Waals surface area contributed by atoms with E-state index in [1.165, 1.54) is 6.92 Å². The maximum absolute atomic E-state index is 11.1. The Morgan fingerprint density at radius 1 is 1.38 bits per heavy atom. The van der Waals surface area contributed by atoms with Crippen molar-refractivity contribution >= 4 is 23.4 Å². The lowest BCUT2D eigenvalue weighted by molar-refractivity contribution is -0.126. The van der Waals surface area contributed by atoms with E-state index in [-0.39, 0.29) is 5.91 Å². The standard InChI is InChI=1S/C11H13ClN2O2/c1-7(15)14-10(11(13)16)6-8-2-4-9(12)5-3-8/h2-5,10H,6H2,1H3,(H2,13,16)(H,14,15)/t10-/m1/s1. The van der Waals surface area contributed by atoms with Gasteiger partial charge in [0, 0.05) is 18.4 Å². The number of primary amides is 1. The molecule has 1 atom stereocenters. The van der Waals surface area contributed by atoms with Gasteiger partial charge in [0.05, 0.1) is 0 Å².